The Morgan fingerprint density at radius 1 is 1.04 bits per heavy atom. The Morgan fingerprint density at radius 3 is 2.59 bits per heavy atom. The van der Waals surface area contributed by atoms with Gasteiger partial charge in [0.1, 0.15) is 11.4 Å². The number of carbonyl (C=O) groups is 1. The number of nitrogens with zero attached hydrogens (tertiary/aromatic N) is 3. The highest BCUT2D eigenvalue weighted by atomic mass is 16.1. The molecule has 0 unspecified atom stereocenters. The Morgan fingerprint density at radius 2 is 1.85 bits per heavy atom. The van der Waals surface area contributed by atoms with Crippen molar-refractivity contribution in [2.75, 3.05) is 18.4 Å². The Balaban J connectivity index is 1.37. The molecule has 6 nitrogen and oxygen atoms in total. The summed E-state index contributed by atoms with van der Waals surface area (Å²) in [5.74, 6) is -0.214. The molecule has 2 N–H and O–H groups in total. The van der Waals surface area contributed by atoms with E-state index in [-0.39, 0.29) is 5.91 Å². The van der Waals surface area contributed by atoms with E-state index in [0.717, 1.165) is 17.9 Å². The van der Waals surface area contributed by atoms with Crippen LogP contribution in [0.2, 0.25) is 0 Å². The van der Waals surface area contributed by atoms with Crippen LogP contribution in [0.1, 0.15) is 35.3 Å². The minimum Gasteiger partial charge on any atom is -0.321 e. The predicted octanol–water partition coefficient (Wildman–Crippen LogP) is 3.71. The second kappa shape index (κ2) is 8.14. The number of pyridine rings is 1. The molecule has 1 fully saturated rings. The first kappa shape index (κ1) is 17.4. The number of aromatic nitrogens is 3. The van der Waals surface area contributed by atoms with Crippen molar-refractivity contribution in [1.29, 1.82) is 0 Å². The van der Waals surface area contributed by atoms with Crippen molar-refractivity contribution in [2.24, 2.45) is 0 Å². The average molecular weight is 361 g/mol. The molecule has 1 amide bonds. The van der Waals surface area contributed by atoms with Gasteiger partial charge in [0, 0.05) is 18.4 Å². The number of benzene rings is 1. The third-order valence-electron chi connectivity index (χ3n) is 4.82. The molecule has 0 saturated carbocycles. The zero-order valence-corrected chi connectivity index (χ0v) is 15.2. The standard InChI is InChI=1S/C21H23N5O/c27-21(20-14-19(24-25-20)18-6-2-3-11-22-18)23-17-9-7-16(8-10-17)15-26-12-4-1-5-13-26/h2-3,6-11,14H,1,4-5,12-13,15H2,(H,23,27)(H,24,25). The maximum absolute atomic E-state index is 12.4. The SMILES string of the molecule is O=C(Nc1ccc(CN2CCCCC2)cc1)c1cc(-c2ccccn2)n[nH]1. The van der Waals surface area contributed by atoms with Crippen LogP contribution in [-0.2, 0) is 6.54 Å². The molecular formula is C21H23N5O. The van der Waals surface area contributed by atoms with Gasteiger partial charge in [0.05, 0.1) is 5.69 Å². The molecule has 0 atom stereocenters. The molecule has 6 heteroatoms. The summed E-state index contributed by atoms with van der Waals surface area (Å²) in [7, 11) is 0. The van der Waals surface area contributed by atoms with E-state index >= 15 is 0 Å². The molecule has 2 aromatic heterocycles. The minimum atomic E-state index is -0.214. The molecule has 0 spiro atoms. The Bertz CT molecular complexity index is 882. The van der Waals surface area contributed by atoms with Gasteiger partial charge >= 0.3 is 0 Å². The van der Waals surface area contributed by atoms with Crippen molar-refractivity contribution >= 4 is 11.6 Å². The fourth-order valence-corrected chi connectivity index (χ4v) is 3.35. The number of aromatic amines is 1. The van der Waals surface area contributed by atoms with Crippen LogP contribution in [0, 0.1) is 0 Å². The zero-order chi connectivity index (χ0) is 18.5. The largest absolute Gasteiger partial charge is 0.321 e. The Kier molecular flexibility index (Phi) is 5.25. The number of hydrogen-bond donors (Lipinski definition) is 2. The number of anilines is 1. The molecule has 0 radical (unpaired) electrons. The fraction of sp³-hybridized carbons (Fsp3) is 0.286. The van der Waals surface area contributed by atoms with Gasteiger partial charge in [0.25, 0.3) is 5.91 Å². The third-order valence-corrected chi connectivity index (χ3v) is 4.82. The van der Waals surface area contributed by atoms with Crippen LogP contribution in [0.25, 0.3) is 11.4 Å². The number of rotatable bonds is 5. The van der Waals surface area contributed by atoms with Crippen molar-refractivity contribution in [3.63, 3.8) is 0 Å². The number of hydrogen-bond acceptors (Lipinski definition) is 4. The summed E-state index contributed by atoms with van der Waals surface area (Å²) >= 11 is 0. The van der Waals surface area contributed by atoms with Crippen molar-refractivity contribution in [3.8, 4) is 11.4 Å². The van der Waals surface area contributed by atoms with Crippen LogP contribution in [0.15, 0.2) is 54.7 Å². The van der Waals surface area contributed by atoms with E-state index in [4.69, 9.17) is 0 Å². The van der Waals surface area contributed by atoms with E-state index in [1.54, 1.807) is 12.3 Å². The first-order valence-electron chi connectivity index (χ1n) is 9.37. The molecule has 3 aromatic rings. The van der Waals surface area contributed by atoms with Crippen molar-refractivity contribution in [2.45, 2.75) is 25.8 Å². The topological polar surface area (TPSA) is 73.9 Å². The van der Waals surface area contributed by atoms with Gasteiger partial charge in [-0.3, -0.25) is 19.8 Å². The number of likely N-dealkylation sites (tertiary alicyclic amines) is 1. The zero-order valence-electron chi connectivity index (χ0n) is 15.2. The molecule has 138 valence electrons. The van der Waals surface area contributed by atoms with Crippen LogP contribution in [0.4, 0.5) is 5.69 Å². The molecule has 27 heavy (non-hydrogen) atoms. The molecule has 1 aliphatic rings. The smallest absolute Gasteiger partial charge is 0.273 e. The van der Waals surface area contributed by atoms with Crippen LogP contribution in [0.3, 0.4) is 0 Å². The quantitative estimate of drug-likeness (QED) is 0.726. The Hall–Kier alpha value is -2.99. The second-order valence-corrected chi connectivity index (χ2v) is 6.87. The summed E-state index contributed by atoms with van der Waals surface area (Å²) in [6, 6.07) is 15.4. The first-order chi connectivity index (χ1) is 13.3. The van der Waals surface area contributed by atoms with Gasteiger partial charge < -0.3 is 5.32 Å². The predicted molar refractivity (Wildman–Crippen MR) is 105 cm³/mol. The molecular weight excluding hydrogens is 338 g/mol. The molecule has 0 bridgehead atoms. The lowest BCUT2D eigenvalue weighted by Crippen LogP contribution is -2.29. The van der Waals surface area contributed by atoms with Crippen LogP contribution < -0.4 is 5.32 Å². The number of piperidine rings is 1. The average Bonchev–Trinajstić information content (AvgIpc) is 3.21. The monoisotopic (exact) mass is 361 g/mol. The van der Waals surface area contributed by atoms with E-state index in [9.17, 15) is 4.79 Å². The van der Waals surface area contributed by atoms with Gasteiger partial charge in [-0.2, -0.15) is 5.10 Å². The number of H-pyrrole nitrogens is 1. The van der Waals surface area contributed by atoms with E-state index < -0.39 is 0 Å². The lowest BCUT2D eigenvalue weighted by Gasteiger charge is -2.26. The van der Waals surface area contributed by atoms with Crippen LogP contribution in [0.5, 0.6) is 0 Å². The van der Waals surface area contributed by atoms with Gasteiger partial charge in [-0.05, 0) is 61.8 Å². The third kappa shape index (κ3) is 4.41. The highest BCUT2D eigenvalue weighted by Crippen LogP contribution is 2.17. The van der Waals surface area contributed by atoms with E-state index in [0.29, 0.717) is 11.4 Å². The van der Waals surface area contributed by atoms with Crippen molar-refractivity contribution in [1.82, 2.24) is 20.1 Å². The van der Waals surface area contributed by atoms with E-state index in [1.807, 2.05) is 30.3 Å². The summed E-state index contributed by atoms with van der Waals surface area (Å²) in [6.45, 7) is 3.33. The highest BCUT2D eigenvalue weighted by Gasteiger charge is 2.13. The maximum atomic E-state index is 12.4. The number of carbonyl (C=O) groups excluding carboxylic acids is 1. The Labute approximate surface area is 158 Å². The summed E-state index contributed by atoms with van der Waals surface area (Å²) in [4.78, 5) is 19.2. The van der Waals surface area contributed by atoms with E-state index in [1.165, 1.54) is 37.9 Å². The van der Waals surface area contributed by atoms with E-state index in [2.05, 4.69) is 37.5 Å². The normalized spacial score (nSPS) is 14.8. The second-order valence-electron chi connectivity index (χ2n) is 6.87. The lowest BCUT2D eigenvalue weighted by atomic mass is 10.1. The van der Waals surface area contributed by atoms with Gasteiger partial charge in [-0.1, -0.05) is 24.6 Å². The molecule has 1 saturated heterocycles. The molecule has 0 aliphatic carbocycles. The van der Waals surface area contributed by atoms with Crippen LogP contribution >= 0.6 is 0 Å². The minimum absolute atomic E-state index is 0.214. The van der Waals surface area contributed by atoms with Crippen molar-refractivity contribution in [3.05, 3.63) is 66.0 Å². The summed E-state index contributed by atoms with van der Waals surface area (Å²) in [6.07, 6.45) is 5.63. The highest BCUT2D eigenvalue weighted by molar-refractivity contribution is 6.03. The summed E-state index contributed by atoms with van der Waals surface area (Å²) < 4.78 is 0. The van der Waals surface area contributed by atoms with Gasteiger partial charge in [0.2, 0.25) is 0 Å². The summed E-state index contributed by atoms with van der Waals surface area (Å²) in [5, 5.41) is 9.87. The van der Waals surface area contributed by atoms with Gasteiger partial charge in [-0.25, -0.2) is 0 Å². The molecule has 3 heterocycles. The maximum Gasteiger partial charge on any atom is 0.273 e. The van der Waals surface area contributed by atoms with Gasteiger partial charge in [-0.15, -0.1) is 0 Å². The first-order valence-corrected chi connectivity index (χ1v) is 9.37. The van der Waals surface area contributed by atoms with Crippen molar-refractivity contribution < 1.29 is 4.79 Å². The lowest BCUT2D eigenvalue weighted by molar-refractivity contribution is 0.102. The van der Waals surface area contributed by atoms with Crippen LogP contribution in [-0.4, -0.2) is 39.1 Å². The fourth-order valence-electron chi connectivity index (χ4n) is 3.35. The summed E-state index contributed by atoms with van der Waals surface area (Å²) in [5.41, 5.74) is 3.84. The number of amides is 1. The van der Waals surface area contributed by atoms with Gasteiger partial charge in [0.15, 0.2) is 0 Å². The molecule has 1 aromatic carbocycles. The molecule has 1 aliphatic heterocycles. The molecule has 4 rings (SSSR count). The number of nitrogens with one attached hydrogen (secondary N) is 2.